The number of hydrogen-bond acceptors (Lipinski definition) is 3. The van der Waals surface area contributed by atoms with Crippen LogP contribution in [-0.4, -0.2) is 12.6 Å². The van der Waals surface area contributed by atoms with Crippen molar-refractivity contribution in [2.75, 3.05) is 6.54 Å². The molecule has 2 rings (SSSR count). The highest BCUT2D eigenvalue weighted by Gasteiger charge is 2.22. The van der Waals surface area contributed by atoms with Gasteiger partial charge in [-0.05, 0) is 50.3 Å². The van der Waals surface area contributed by atoms with E-state index in [4.69, 9.17) is 9.15 Å². The molecular weight excluding hydrogens is 250 g/mol. The Morgan fingerprint density at radius 3 is 2.90 bits per heavy atom. The predicted molar refractivity (Wildman–Crippen MR) is 81.7 cm³/mol. The Bertz CT molecular complexity index is 400. The Balaban J connectivity index is 1.82. The summed E-state index contributed by atoms with van der Waals surface area (Å²) in [5, 5.41) is 3.38. The van der Waals surface area contributed by atoms with Gasteiger partial charge in [0.15, 0.2) is 0 Å². The van der Waals surface area contributed by atoms with Gasteiger partial charge in [0.2, 0.25) is 0 Å². The molecule has 1 N–H and O–H groups in total. The minimum Gasteiger partial charge on any atom is -0.462 e. The van der Waals surface area contributed by atoms with Gasteiger partial charge in [0.1, 0.15) is 18.1 Å². The van der Waals surface area contributed by atoms with Crippen molar-refractivity contribution in [1.82, 2.24) is 5.32 Å². The van der Waals surface area contributed by atoms with Crippen molar-refractivity contribution >= 4 is 0 Å². The minimum absolute atomic E-state index is 0.413. The fraction of sp³-hybridized carbons (Fsp3) is 0.765. The lowest BCUT2D eigenvalue weighted by atomic mass is 9.88. The van der Waals surface area contributed by atoms with Gasteiger partial charge in [-0.25, -0.2) is 0 Å². The highest BCUT2D eigenvalue weighted by Crippen LogP contribution is 2.27. The average molecular weight is 279 g/mol. The molecule has 0 aromatic carbocycles. The summed E-state index contributed by atoms with van der Waals surface area (Å²) in [5.41, 5.74) is 1.23. The maximum Gasteiger partial charge on any atom is 0.130 e. The van der Waals surface area contributed by atoms with Gasteiger partial charge >= 0.3 is 0 Å². The molecule has 1 aliphatic carbocycles. The zero-order valence-electron chi connectivity index (χ0n) is 13.2. The monoisotopic (exact) mass is 279 g/mol. The Kier molecular flexibility index (Phi) is 6.11. The second-order valence-corrected chi connectivity index (χ2v) is 6.11. The molecule has 1 aliphatic rings. The van der Waals surface area contributed by atoms with E-state index >= 15 is 0 Å². The Hall–Kier alpha value is -0.800. The summed E-state index contributed by atoms with van der Waals surface area (Å²) in [6.45, 7) is 9.05. The summed E-state index contributed by atoms with van der Waals surface area (Å²) in [6.07, 6.45) is 6.72. The van der Waals surface area contributed by atoms with Crippen LogP contribution in [-0.2, 0) is 17.9 Å². The van der Waals surface area contributed by atoms with Crippen LogP contribution in [0.15, 0.2) is 10.5 Å². The topological polar surface area (TPSA) is 34.4 Å². The van der Waals surface area contributed by atoms with E-state index in [1.54, 1.807) is 0 Å². The smallest absolute Gasteiger partial charge is 0.130 e. The van der Waals surface area contributed by atoms with Gasteiger partial charge < -0.3 is 14.5 Å². The largest absolute Gasteiger partial charge is 0.462 e. The molecule has 3 heteroatoms. The van der Waals surface area contributed by atoms with Crippen molar-refractivity contribution in [1.29, 1.82) is 0 Å². The fourth-order valence-corrected chi connectivity index (χ4v) is 2.93. The summed E-state index contributed by atoms with van der Waals surface area (Å²) in [7, 11) is 0. The first-order valence-corrected chi connectivity index (χ1v) is 8.11. The van der Waals surface area contributed by atoms with Crippen LogP contribution < -0.4 is 5.32 Å². The molecule has 0 radical (unpaired) electrons. The normalized spacial score (nSPS) is 23.1. The van der Waals surface area contributed by atoms with Crippen LogP contribution in [0.4, 0.5) is 0 Å². The van der Waals surface area contributed by atoms with Crippen LogP contribution >= 0.6 is 0 Å². The lowest BCUT2D eigenvalue weighted by molar-refractivity contribution is -0.0222. The third kappa shape index (κ3) is 4.35. The molecular formula is C17H29NO2. The minimum atomic E-state index is 0.413. The molecule has 3 nitrogen and oxygen atoms in total. The van der Waals surface area contributed by atoms with Crippen molar-refractivity contribution in [3.05, 3.63) is 23.2 Å². The summed E-state index contributed by atoms with van der Waals surface area (Å²) in [4.78, 5) is 0. The van der Waals surface area contributed by atoms with Crippen LogP contribution in [0.2, 0.25) is 0 Å². The molecule has 1 aromatic rings. The van der Waals surface area contributed by atoms with Crippen LogP contribution in [0, 0.1) is 12.8 Å². The van der Waals surface area contributed by atoms with E-state index in [-0.39, 0.29) is 0 Å². The maximum atomic E-state index is 6.06. The van der Waals surface area contributed by atoms with Gasteiger partial charge in [0, 0.05) is 0 Å². The number of aryl methyl sites for hydroxylation is 1. The second-order valence-electron chi connectivity index (χ2n) is 6.11. The molecule has 0 spiro atoms. The standard InChI is InChI=1S/C17H29NO2/c1-4-9-18-11-17-14(3)10-15(20-17)12-19-16-8-6-5-7-13(16)2/h10,13,16,18H,4-9,11-12H2,1-3H3. The summed E-state index contributed by atoms with van der Waals surface area (Å²) >= 11 is 0. The van der Waals surface area contributed by atoms with E-state index in [1.807, 2.05) is 0 Å². The SMILES string of the molecule is CCCNCc1oc(COC2CCCCC2C)cc1C. The third-order valence-electron chi connectivity index (χ3n) is 4.26. The predicted octanol–water partition coefficient (Wildman–Crippen LogP) is 4.18. The van der Waals surface area contributed by atoms with Crippen LogP contribution in [0.25, 0.3) is 0 Å². The number of nitrogens with one attached hydrogen (secondary N) is 1. The Morgan fingerprint density at radius 2 is 2.15 bits per heavy atom. The summed E-state index contributed by atoms with van der Waals surface area (Å²) in [5.74, 6) is 2.70. The van der Waals surface area contributed by atoms with Crippen molar-refractivity contribution in [2.45, 2.75) is 72.1 Å². The van der Waals surface area contributed by atoms with E-state index in [2.05, 4.69) is 32.2 Å². The van der Waals surface area contributed by atoms with E-state index in [0.29, 0.717) is 18.6 Å². The molecule has 1 heterocycles. The van der Waals surface area contributed by atoms with E-state index in [1.165, 1.54) is 31.2 Å². The molecule has 0 aliphatic heterocycles. The van der Waals surface area contributed by atoms with Crippen molar-refractivity contribution in [3.63, 3.8) is 0 Å². The van der Waals surface area contributed by atoms with E-state index in [0.717, 1.165) is 31.0 Å². The average Bonchev–Trinajstić information content (AvgIpc) is 2.79. The van der Waals surface area contributed by atoms with Crippen LogP contribution in [0.1, 0.15) is 63.0 Å². The first-order valence-electron chi connectivity index (χ1n) is 8.11. The van der Waals surface area contributed by atoms with Gasteiger partial charge in [-0.2, -0.15) is 0 Å². The molecule has 1 fully saturated rings. The zero-order valence-corrected chi connectivity index (χ0v) is 13.2. The number of hydrogen-bond donors (Lipinski definition) is 1. The zero-order chi connectivity index (χ0) is 14.4. The molecule has 0 bridgehead atoms. The highest BCUT2D eigenvalue weighted by atomic mass is 16.5. The lowest BCUT2D eigenvalue weighted by Crippen LogP contribution is -2.25. The molecule has 20 heavy (non-hydrogen) atoms. The fourth-order valence-electron chi connectivity index (χ4n) is 2.93. The first-order chi connectivity index (χ1) is 9.70. The van der Waals surface area contributed by atoms with Gasteiger partial charge in [0.25, 0.3) is 0 Å². The highest BCUT2D eigenvalue weighted by molar-refractivity contribution is 5.19. The number of furan rings is 1. The van der Waals surface area contributed by atoms with Gasteiger partial charge in [0.05, 0.1) is 12.6 Å². The maximum absolute atomic E-state index is 6.06. The van der Waals surface area contributed by atoms with Gasteiger partial charge in [-0.15, -0.1) is 0 Å². The Morgan fingerprint density at radius 1 is 1.35 bits per heavy atom. The van der Waals surface area contributed by atoms with Crippen molar-refractivity contribution in [2.24, 2.45) is 5.92 Å². The van der Waals surface area contributed by atoms with E-state index in [9.17, 15) is 0 Å². The molecule has 0 saturated heterocycles. The van der Waals surface area contributed by atoms with Gasteiger partial charge in [-0.3, -0.25) is 0 Å². The molecule has 2 unspecified atom stereocenters. The Labute approximate surface area is 123 Å². The molecule has 114 valence electrons. The third-order valence-corrected chi connectivity index (χ3v) is 4.26. The van der Waals surface area contributed by atoms with Crippen LogP contribution in [0.5, 0.6) is 0 Å². The molecule has 1 aromatic heterocycles. The quantitative estimate of drug-likeness (QED) is 0.760. The van der Waals surface area contributed by atoms with E-state index < -0.39 is 0 Å². The van der Waals surface area contributed by atoms with Gasteiger partial charge in [-0.1, -0.05) is 26.7 Å². The summed E-state index contributed by atoms with van der Waals surface area (Å²) in [6, 6.07) is 2.12. The van der Waals surface area contributed by atoms with Crippen molar-refractivity contribution < 1.29 is 9.15 Å². The first kappa shape index (κ1) is 15.6. The summed E-state index contributed by atoms with van der Waals surface area (Å²) < 4.78 is 12.0. The van der Waals surface area contributed by atoms with Crippen molar-refractivity contribution in [3.8, 4) is 0 Å². The molecule has 0 amide bonds. The second kappa shape index (κ2) is 7.84. The molecule has 2 atom stereocenters. The number of rotatable bonds is 7. The molecule has 1 saturated carbocycles. The van der Waals surface area contributed by atoms with Crippen LogP contribution in [0.3, 0.4) is 0 Å². The number of ether oxygens (including phenoxy) is 1. The lowest BCUT2D eigenvalue weighted by Gasteiger charge is -2.28.